The summed E-state index contributed by atoms with van der Waals surface area (Å²) in [6, 6.07) is 10.3. The summed E-state index contributed by atoms with van der Waals surface area (Å²) in [6.45, 7) is 5.41. The van der Waals surface area contributed by atoms with Crippen LogP contribution < -0.4 is 10.2 Å². The molecule has 1 fully saturated rings. The number of amides is 1. The third-order valence-corrected chi connectivity index (χ3v) is 4.48. The molecule has 1 aliphatic heterocycles. The summed E-state index contributed by atoms with van der Waals surface area (Å²) in [6.07, 6.45) is 3.61. The van der Waals surface area contributed by atoms with Gasteiger partial charge in [0.05, 0.1) is 16.8 Å². The van der Waals surface area contributed by atoms with Crippen molar-refractivity contribution in [2.24, 2.45) is 5.92 Å². The number of carbonyl (C=O) groups excluding carboxylic acids is 1. The van der Waals surface area contributed by atoms with Gasteiger partial charge in [-0.1, -0.05) is 32.0 Å². The van der Waals surface area contributed by atoms with Gasteiger partial charge in [0.1, 0.15) is 6.07 Å². The summed E-state index contributed by atoms with van der Waals surface area (Å²) in [4.78, 5) is 18.6. The molecule has 2 heterocycles. The number of fused-ring (bicyclic) bond motifs is 1. The predicted molar refractivity (Wildman–Crippen MR) is 94.7 cm³/mol. The number of piperidine rings is 1. The summed E-state index contributed by atoms with van der Waals surface area (Å²) < 4.78 is 0. The van der Waals surface area contributed by atoms with Gasteiger partial charge in [-0.15, -0.1) is 0 Å². The number of nitriles is 1. The van der Waals surface area contributed by atoms with Crippen molar-refractivity contribution in [3.8, 4) is 6.07 Å². The molecule has 0 saturated carbocycles. The number of aromatic nitrogens is 1. The maximum absolute atomic E-state index is 12.0. The van der Waals surface area contributed by atoms with E-state index in [4.69, 9.17) is 0 Å². The van der Waals surface area contributed by atoms with E-state index in [1.807, 2.05) is 38.1 Å². The number of carbonyl (C=O) groups is 1. The Labute approximate surface area is 142 Å². The first-order valence-corrected chi connectivity index (χ1v) is 8.43. The van der Waals surface area contributed by atoms with Crippen LogP contribution in [0, 0.1) is 17.2 Å². The molecule has 1 saturated heterocycles. The highest BCUT2D eigenvalue weighted by atomic mass is 16.1. The normalized spacial score (nSPS) is 17.8. The minimum Gasteiger partial charge on any atom is -0.368 e. The van der Waals surface area contributed by atoms with E-state index in [9.17, 15) is 10.1 Å². The number of benzene rings is 1. The maximum atomic E-state index is 12.0. The Kier molecular flexibility index (Phi) is 4.66. The van der Waals surface area contributed by atoms with Crippen molar-refractivity contribution in [3.05, 3.63) is 36.0 Å². The van der Waals surface area contributed by atoms with Crippen LogP contribution in [-0.4, -0.2) is 30.0 Å². The first-order chi connectivity index (χ1) is 11.6. The largest absolute Gasteiger partial charge is 0.368 e. The van der Waals surface area contributed by atoms with Gasteiger partial charge in [-0.05, 0) is 18.9 Å². The highest BCUT2D eigenvalue weighted by molar-refractivity contribution is 5.94. The lowest BCUT2D eigenvalue weighted by molar-refractivity contribution is -0.124. The molecular weight excluding hydrogens is 300 g/mol. The predicted octanol–water partition coefficient (Wildman–Crippen LogP) is 2.85. The van der Waals surface area contributed by atoms with Gasteiger partial charge in [-0.3, -0.25) is 9.78 Å². The molecular formula is C19H22N4O. The van der Waals surface area contributed by atoms with Crippen molar-refractivity contribution < 1.29 is 4.79 Å². The van der Waals surface area contributed by atoms with Crippen LogP contribution in [0.5, 0.6) is 0 Å². The second-order valence-electron chi connectivity index (χ2n) is 6.60. The van der Waals surface area contributed by atoms with Gasteiger partial charge < -0.3 is 10.2 Å². The lowest BCUT2D eigenvalue weighted by atomic mass is 10.0. The fraction of sp³-hybridized carbons (Fsp3) is 0.421. The zero-order valence-electron chi connectivity index (χ0n) is 14.1. The average Bonchev–Trinajstić information content (AvgIpc) is 2.60. The Morgan fingerprint density at radius 1 is 1.42 bits per heavy atom. The first kappa shape index (κ1) is 16.3. The van der Waals surface area contributed by atoms with Crippen LogP contribution in [0.2, 0.25) is 0 Å². The molecule has 3 rings (SSSR count). The molecule has 0 aliphatic carbocycles. The number of pyridine rings is 1. The van der Waals surface area contributed by atoms with Crippen LogP contribution in [0.3, 0.4) is 0 Å². The van der Waals surface area contributed by atoms with E-state index in [0.29, 0.717) is 5.56 Å². The fourth-order valence-corrected chi connectivity index (χ4v) is 3.22. The summed E-state index contributed by atoms with van der Waals surface area (Å²) in [5, 5.41) is 13.6. The number of hydrogen-bond donors (Lipinski definition) is 1. The van der Waals surface area contributed by atoms with Crippen LogP contribution in [-0.2, 0) is 4.79 Å². The van der Waals surface area contributed by atoms with Crippen molar-refractivity contribution in [1.29, 1.82) is 5.26 Å². The molecule has 1 aromatic heterocycles. The van der Waals surface area contributed by atoms with Crippen molar-refractivity contribution in [1.82, 2.24) is 10.3 Å². The number of rotatable bonds is 3. The van der Waals surface area contributed by atoms with Gasteiger partial charge in [-0.25, -0.2) is 0 Å². The Morgan fingerprint density at radius 2 is 2.21 bits per heavy atom. The van der Waals surface area contributed by atoms with Crippen LogP contribution in [0.4, 0.5) is 5.69 Å². The Morgan fingerprint density at radius 3 is 2.96 bits per heavy atom. The number of nitrogens with one attached hydrogen (secondary N) is 1. The summed E-state index contributed by atoms with van der Waals surface area (Å²) in [7, 11) is 0. The van der Waals surface area contributed by atoms with E-state index in [1.165, 1.54) is 0 Å². The summed E-state index contributed by atoms with van der Waals surface area (Å²) in [5.74, 6) is 0.0683. The first-order valence-electron chi connectivity index (χ1n) is 8.43. The molecule has 1 N–H and O–H groups in total. The van der Waals surface area contributed by atoms with Crippen LogP contribution in [0.25, 0.3) is 10.9 Å². The fourth-order valence-electron chi connectivity index (χ4n) is 3.22. The molecule has 24 heavy (non-hydrogen) atoms. The van der Waals surface area contributed by atoms with Crippen molar-refractivity contribution in [3.63, 3.8) is 0 Å². The zero-order chi connectivity index (χ0) is 17.1. The van der Waals surface area contributed by atoms with E-state index in [2.05, 4.69) is 21.3 Å². The highest BCUT2D eigenvalue weighted by Gasteiger charge is 2.25. The van der Waals surface area contributed by atoms with E-state index in [0.717, 1.165) is 42.5 Å². The molecule has 5 nitrogen and oxygen atoms in total. The monoisotopic (exact) mass is 322 g/mol. The van der Waals surface area contributed by atoms with Gasteiger partial charge in [0.15, 0.2) is 0 Å². The summed E-state index contributed by atoms with van der Waals surface area (Å²) >= 11 is 0. The molecule has 1 unspecified atom stereocenters. The molecule has 1 amide bonds. The number of para-hydroxylation sites is 1. The molecule has 1 atom stereocenters. The number of nitrogens with zero attached hydrogens (tertiary/aromatic N) is 3. The molecule has 2 aromatic rings. The van der Waals surface area contributed by atoms with E-state index < -0.39 is 0 Å². The summed E-state index contributed by atoms with van der Waals surface area (Å²) in [5.41, 5.74) is 2.41. The second kappa shape index (κ2) is 6.88. The van der Waals surface area contributed by atoms with Crippen LogP contribution in [0.1, 0.15) is 32.3 Å². The molecule has 0 spiro atoms. The molecule has 124 valence electrons. The lowest BCUT2D eigenvalue weighted by Gasteiger charge is -2.36. The van der Waals surface area contributed by atoms with Crippen molar-refractivity contribution in [2.45, 2.75) is 32.7 Å². The maximum Gasteiger partial charge on any atom is 0.222 e. The molecule has 0 bridgehead atoms. The molecule has 1 aliphatic rings. The topological polar surface area (TPSA) is 69.0 Å². The van der Waals surface area contributed by atoms with Gasteiger partial charge in [0.2, 0.25) is 5.91 Å². The molecule has 5 heteroatoms. The van der Waals surface area contributed by atoms with E-state index in [-0.39, 0.29) is 17.9 Å². The SMILES string of the molecule is CC(C)C(=O)NC1CCCN(c2c(C#N)cnc3ccccc23)C1. The smallest absolute Gasteiger partial charge is 0.222 e. The lowest BCUT2D eigenvalue weighted by Crippen LogP contribution is -2.49. The second-order valence-corrected chi connectivity index (χ2v) is 6.60. The minimum absolute atomic E-state index is 0.0169. The minimum atomic E-state index is -0.0169. The van der Waals surface area contributed by atoms with Crippen LogP contribution in [0.15, 0.2) is 30.5 Å². The molecule has 0 radical (unpaired) electrons. The average molecular weight is 322 g/mol. The highest BCUT2D eigenvalue weighted by Crippen LogP contribution is 2.31. The van der Waals surface area contributed by atoms with Gasteiger partial charge in [0.25, 0.3) is 0 Å². The van der Waals surface area contributed by atoms with Crippen LogP contribution >= 0.6 is 0 Å². The zero-order valence-corrected chi connectivity index (χ0v) is 14.1. The Balaban J connectivity index is 1.92. The van der Waals surface area contributed by atoms with Crippen molar-refractivity contribution >= 4 is 22.5 Å². The standard InChI is InChI=1S/C19H22N4O/c1-13(2)19(24)22-15-6-5-9-23(12-15)18-14(10-20)11-21-17-8-4-3-7-16(17)18/h3-4,7-8,11,13,15H,5-6,9,12H2,1-2H3,(H,22,24). The quantitative estimate of drug-likeness (QED) is 0.943. The van der Waals surface area contributed by atoms with E-state index in [1.54, 1.807) is 6.20 Å². The third kappa shape index (κ3) is 3.18. The number of anilines is 1. The van der Waals surface area contributed by atoms with Gasteiger partial charge >= 0.3 is 0 Å². The van der Waals surface area contributed by atoms with Gasteiger partial charge in [0, 0.05) is 36.6 Å². The Hall–Kier alpha value is -2.61. The number of hydrogen-bond acceptors (Lipinski definition) is 4. The van der Waals surface area contributed by atoms with Crippen molar-refractivity contribution in [2.75, 3.05) is 18.0 Å². The van der Waals surface area contributed by atoms with Gasteiger partial charge in [-0.2, -0.15) is 5.26 Å². The van der Waals surface area contributed by atoms with E-state index >= 15 is 0 Å². The molecule has 1 aromatic carbocycles. The Bertz CT molecular complexity index is 794. The third-order valence-electron chi connectivity index (χ3n) is 4.48.